The van der Waals surface area contributed by atoms with Gasteiger partial charge in [-0.05, 0) is 24.7 Å². The minimum Gasteiger partial charge on any atom is -0.342 e. The number of piperidine rings is 1. The molecule has 1 amide bonds. The van der Waals surface area contributed by atoms with Gasteiger partial charge in [0.25, 0.3) is 0 Å². The van der Waals surface area contributed by atoms with E-state index in [9.17, 15) is 4.79 Å². The summed E-state index contributed by atoms with van der Waals surface area (Å²) in [4.78, 5) is 14.3. The fourth-order valence-corrected chi connectivity index (χ4v) is 3.26. The average molecular weight is 223 g/mol. The van der Waals surface area contributed by atoms with Crippen LogP contribution in [-0.4, -0.2) is 23.9 Å². The Morgan fingerprint density at radius 2 is 1.69 bits per heavy atom. The Bertz CT molecular complexity index is 266. The van der Waals surface area contributed by atoms with Crippen molar-refractivity contribution in [2.24, 2.45) is 17.3 Å². The molecule has 0 N–H and O–H groups in total. The molecular weight excluding hydrogens is 198 g/mol. The van der Waals surface area contributed by atoms with Crippen molar-refractivity contribution < 1.29 is 4.79 Å². The monoisotopic (exact) mass is 223 g/mol. The Morgan fingerprint density at radius 3 is 2.31 bits per heavy atom. The molecule has 16 heavy (non-hydrogen) atoms. The van der Waals surface area contributed by atoms with E-state index >= 15 is 0 Å². The zero-order valence-corrected chi connectivity index (χ0v) is 11.0. The lowest BCUT2D eigenvalue weighted by molar-refractivity contribution is -0.142. The van der Waals surface area contributed by atoms with Crippen LogP contribution in [0.4, 0.5) is 0 Å². The lowest BCUT2D eigenvalue weighted by Crippen LogP contribution is -2.48. The van der Waals surface area contributed by atoms with Gasteiger partial charge >= 0.3 is 0 Å². The summed E-state index contributed by atoms with van der Waals surface area (Å²) in [5.41, 5.74) is -0.207. The molecule has 0 aromatic rings. The summed E-state index contributed by atoms with van der Waals surface area (Å²) in [6, 6.07) is 0. The number of rotatable bonds is 0. The van der Waals surface area contributed by atoms with E-state index in [4.69, 9.17) is 0 Å². The second-order valence-electron chi connectivity index (χ2n) is 6.59. The molecule has 1 saturated carbocycles. The minimum atomic E-state index is -0.207. The molecule has 1 saturated heterocycles. The summed E-state index contributed by atoms with van der Waals surface area (Å²) in [5, 5.41) is 0. The Labute approximate surface area is 99.4 Å². The second-order valence-corrected chi connectivity index (χ2v) is 6.59. The van der Waals surface area contributed by atoms with Gasteiger partial charge in [-0.2, -0.15) is 0 Å². The smallest absolute Gasteiger partial charge is 0.227 e. The quantitative estimate of drug-likeness (QED) is 0.618. The topological polar surface area (TPSA) is 20.3 Å². The van der Waals surface area contributed by atoms with Gasteiger partial charge in [-0.15, -0.1) is 0 Å². The van der Waals surface area contributed by atoms with Crippen LogP contribution < -0.4 is 0 Å². The third-order valence-corrected chi connectivity index (χ3v) is 4.22. The summed E-state index contributed by atoms with van der Waals surface area (Å²) in [5.74, 6) is 2.06. The first kappa shape index (κ1) is 11.9. The molecule has 0 spiro atoms. The molecule has 2 aliphatic rings. The van der Waals surface area contributed by atoms with Gasteiger partial charge in [-0.1, -0.05) is 40.0 Å². The Balaban J connectivity index is 1.97. The molecular formula is C14H25NO. The molecule has 1 heterocycles. The van der Waals surface area contributed by atoms with Crippen molar-refractivity contribution in [3.63, 3.8) is 0 Å². The van der Waals surface area contributed by atoms with Crippen LogP contribution >= 0.6 is 0 Å². The first-order valence-corrected chi connectivity index (χ1v) is 6.78. The van der Waals surface area contributed by atoms with E-state index in [1.54, 1.807) is 0 Å². The normalized spacial score (nSPS) is 31.1. The number of nitrogens with zero attached hydrogens (tertiary/aromatic N) is 1. The van der Waals surface area contributed by atoms with Gasteiger partial charge in [0.2, 0.25) is 5.91 Å². The van der Waals surface area contributed by atoms with Crippen LogP contribution in [0.15, 0.2) is 0 Å². The maximum atomic E-state index is 12.2. The lowest BCUT2D eigenvalue weighted by atomic mass is 9.74. The molecule has 0 radical (unpaired) electrons. The number of amides is 1. The van der Waals surface area contributed by atoms with E-state index in [2.05, 4.69) is 4.90 Å². The largest absolute Gasteiger partial charge is 0.342 e. The molecule has 0 bridgehead atoms. The number of fused-ring (bicyclic) bond motifs is 1. The fraction of sp³-hybridized carbons (Fsp3) is 0.929. The van der Waals surface area contributed by atoms with Gasteiger partial charge in [-0.3, -0.25) is 4.79 Å². The van der Waals surface area contributed by atoms with Crippen LogP contribution in [0.25, 0.3) is 0 Å². The van der Waals surface area contributed by atoms with Gasteiger partial charge in [0.05, 0.1) is 0 Å². The molecule has 0 aromatic heterocycles. The standard InChI is InChI=1S/C14H25NO/c1-14(2,3)13(16)15-9-8-11-6-4-5-7-12(11)10-15/h11-12H,4-10H2,1-3H3. The third kappa shape index (κ3) is 2.41. The highest BCUT2D eigenvalue weighted by Gasteiger charge is 2.35. The molecule has 92 valence electrons. The Kier molecular flexibility index (Phi) is 3.27. The molecule has 0 aromatic carbocycles. The van der Waals surface area contributed by atoms with Crippen molar-refractivity contribution >= 4 is 5.91 Å². The van der Waals surface area contributed by atoms with Crippen molar-refractivity contribution in [2.45, 2.75) is 52.9 Å². The average Bonchev–Trinajstić information content (AvgIpc) is 2.26. The van der Waals surface area contributed by atoms with Crippen LogP contribution in [0.3, 0.4) is 0 Å². The van der Waals surface area contributed by atoms with Crippen LogP contribution in [0.2, 0.25) is 0 Å². The van der Waals surface area contributed by atoms with Gasteiger partial charge < -0.3 is 4.90 Å². The van der Waals surface area contributed by atoms with E-state index in [0.717, 1.165) is 24.9 Å². The highest BCUT2D eigenvalue weighted by Crippen LogP contribution is 2.37. The van der Waals surface area contributed by atoms with Crippen molar-refractivity contribution in [1.82, 2.24) is 4.90 Å². The van der Waals surface area contributed by atoms with E-state index in [1.807, 2.05) is 20.8 Å². The minimum absolute atomic E-state index is 0.207. The predicted molar refractivity (Wildman–Crippen MR) is 66.1 cm³/mol. The van der Waals surface area contributed by atoms with E-state index < -0.39 is 0 Å². The number of likely N-dealkylation sites (tertiary alicyclic amines) is 1. The number of hydrogen-bond donors (Lipinski definition) is 0. The summed E-state index contributed by atoms with van der Waals surface area (Å²) >= 11 is 0. The van der Waals surface area contributed by atoms with Crippen molar-refractivity contribution in [2.75, 3.05) is 13.1 Å². The highest BCUT2D eigenvalue weighted by molar-refractivity contribution is 5.81. The van der Waals surface area contributed by atoms with E-state index in [1.165, 1.54) is 32.1 Å². The molecule has 2 fully saturated rings. The zero-order chi connectivity index (χ0) is 11.8. The van der Waals surface area contributed by atoms with E-state index in [-0.39, 0.29) is 5.41 Å². The molecule has 1 aliphatic carbocycles. The predicted octanol–water partition coefficient (Wildman–Crippen LogP) is 3.07. The van der Waals surface area contributed by atoms with Crippen LogP contribution in [0.5, 0.6) is 0 Å². The van der Waals surface area contributed by atoms with Gasteiger partial charge in [0.15, 0.2) is 0 Å². The van der Waals surface area contributed by atoms with Crippen molar-refractivity contribution in [3.8, 4) is 0 Å². The van der Waals surface area contributed by atoms with Crippen LogP contribution in [-0.2, 0) is 4.79 Å². The SMILES string of the molecule is CC(C)(C)C(=O)N1CCC2CCCCC2C1. The van der Waals surface area contributed by atoms with Gasteiger partial charge in [0.1, 0.15) is 0 Å². The molecule has 2 unspecified atom stereocenters. The molecule has 2 rings (SSSR count). The summed E-state index contributed by atoms with van der Waals surface area (Å²) in [7, 11) is 0. The van der Waals surface area contributed by atoms with Crippen molar-refractivity contribution in [1.29, 1.82) is 0 Å². The van der Waals surface area contributed by atoms with Gasteiger partial charge in [-0.25, -0.2) is 0 Å². The van der Waals surface area contributed by atoms with Gasteiger partial charge in [0, 0.05) is 18.5 Å². The Hall–Kier alpha value is -0.530. The summed E-state index contributed by atoms with van der Waals surface area (Å²) in [6.07, 6.45) is 6.78. The summed E-state index contributed by atoms with van der Waals surface area (Å²) in [6.45, 7) is 8.12. The molecule has 2 nitrogen and oxygen atoms in total. The fourth-order valence-electron chi connectivity index (χ4n) is 3.26. The Morgan fingerprint density at radius 1 is 1.06 bits per heavy atom. The molecule has 2 atom stereocenters. The van der Waals surface area contributed by atoms with Crippen molar-refractivity contribution in [3.05, 3.63) is 0 Å². The number of carbonyl (C=O) groups excluding carboxylic acids is 1. The first-order chi connectivity index (χ1) is 7.48. The first-order valence-electron chi connectivity index (χ1n) is 6.78. The summed E-state index contributed by atoms with van der Waals surface area (Å²) < 4.78 is 0. The highest BCUT2D eigenvalue weighted by atomic mass is 16.2. The molecule has 2 heteroatoms. The number of hydrogen-bond acceptors (Lipinski definition) is 1. The third-order valence-electron chi connectivity index (χ3n) is 4.22. The van der Waals surface area contributed by atoms with Crippen LogP contribution in [0, 0.1) is 17.3 Å². The maximum Gasteiger partial charge on any atom is 0.227 e. The zero-order valence-electron chi connectivity index (χ0n) is 11.0. The van der Waals surface area contributed by atoms with Crippen LogP contribution in [0.1, 0.15) is 52.9 Å². The second kappa shape index (κ2) is 4.38. The maximum absolute atomic E-state index is 12.2. The number of carbonyl (C=O) groups is 1. The van der Waals surface area contributed by atoms with E-state index in [0.29, 0.717) is 5.91 Å². The molecule has 1 aliphatic heterocycles. The lowest BCUT2D eigenvalue weighted by Gasteiger charge is -2.43.